The van der Waals surface area contributed by atoms with Crippen LogP contribution in [0.5, 0.6) is 0 Å². The second kappa shape index (κ2) is 4.03. The van der Waals surface area contributed by atoms with E-state index in [4.69, 9.17) is 5.73 Å². The number of para-hydroxylation sites is 1. The molecule has 15 heavy (non-hydrogen) atoms. The maximum Gasteiger partial charge on any atom is 0.125 e. The summed E-state index contributed by atoms with van der Waals surface area (Å²) in [6.45, 7) is 4.29. The third kappa shape index (κ3) is 2.02. The zero-order valence-electron chi connectivity index (χ0n) is 8.90. The van der Waals surface area contributed by atoms with Crippen molar-refractivity contribution in [3.8, 4) is 10.6 Å². The largest absolute Gasteiger partial charge is 0.398 e. The van der Waals surface area contributed by atoms with Gasteiger partial charge in [0.05, 0.1) is 5.69 Å². The molecular weight excluding hydrogens is 204 g/mol. The summed E-state index contributed by atoms with van der Waals surface area (Å²) in [6, 6.07) is 7.85. The van der Waals surface area contributed by atoms with Crippen LogP contribution in [0.25, 0.3) is 10.6 Å². The van der Waals surface area contributed by atoms with Gasteiger partial charge in [-0.3, -0.25) is 0 Å². The van der Waals surface area contributed by atoms with Gasteiger partial charge in [0.15, 0.2) is 0 Å². The Hall–Kier alpha value is -1.35. The van der Waals surface area contributed by atoms with Crippen LogP contribution in [0.1, 0.15) is 25.5 Å². The predicted molar refractivity (Wildman–Crippen MR) is 66.1 cm³/mol. The Balaban J connectivity index is 2.42. The maximum absolute atomic E-state index is 5.90. The number of thiazole rings is 1. The first-order valence-corrected chi connectivity index (χ1v) is 5.86. The van der Waals surface area contributed by atoms with Crippen molar-refractivity contribution >= 4 is 17.0 Å². The van der Waals surface area contributed by atoms with Crippen molar-refractivity contribution < 1.29 is 0 Å². The molecule has 0 spiro atoms. The Kier molecular flexibility index (Phi) is 2.73. The van der Waals surface area contributed by atoms with E-state index in [1.165, 1.54) is 0 Å². The van der Waals surface area contributed by atoms with Crippen LogP contribution in [0.15, 0.2) is 29.6 Å². The van der Waals surface area contributed by atoms with E-state index in [9.17, 15) is 0 Å². The summed E-state index contributed by atoms with van der Waals surface area (Å²) in [5.74, 6) is 0.472. The molecule has 0 radical (unpaired) electrons. The molecule has 0 fully saturated rings. The van der Waals surface area contributed by atoms with E-state index >= 15 is 0 Å². The van der Waals surface area contributed by atoms with Crippen LogP contribution >= 0.6 is 11.3 Å². The molecule has 0 unspecified atom stereocenters. The van der Waals surface area contributed by atoms with Gasteiger partial charge in [0, 0.05) is 16.6 Å². The lowest BCUT2D eigenvalue weighted by atomic mass is 10.1. The molecule has 1 aromatic carbocycles. The average molecular weight is 218 g/mol. The molecular formula is C12H14N2S. The smallest absolute Gasteiger partial charge is 0.125 e. The van der Waals surface area contributed by atoms with E-state index in [1.54, 1.807) is 11.3 Å². The highest BCUT2D eigenvalue weighted by Crippen LogP contribution is 2.30. The van der Waals surface area contributed by atoms with Gasteiger partial charge in [0.2, 0.25) is 0 Å². The van der Waals surface area contributed by atoms with Gasteiger partial charge in [0.25, 0.3) is 0 Å². The summed E-state index contributed by atoms with van der Waals surface area (Å²) in [4.78, 5) is 4.58. The molecule has 0 saturated carbocycles. The van der Waals surface area contributed by atoms with E-state index in [2.05, 4.69) is 24.2 Å². The monoisotopic (exact) mass is 218 g/mol. The minimum absolute atomic E-state index is 0.472. The number of aromatic nitrogens is 1. The number of anilines is 1. The van der Waals surface area contributed by atoms with Gasteiger partial charge < -0.3 is 5.73 Å². The Morgan fingerprint density at radius 2 is 2.00 bits per heavy atom. The van der Waals surface area contributed by atoms with Crippen LogP contribution in [0.4, 0.5) is 5.69 Å². The minimum Gasteiger partial charge on any atom is -0.398 e. The molecule has 0 aliphatic carbocycles. The molecule has 0 atom stereocenters. The van der Waals surface area contributed by atoms with E-state index in [1.807, 2.05) is 24.3 Å². The Morgan fingerprint density at radius 3 is 2.60 bits per heavy atom. The molecule has 2 nitrogen and oxygen atoms in total. The van der Waals surface area contributed by atoms with E-state index < -0.39 is 0 Å². The van der Waals surface area contributed by atoms with Gasteiger partial charge in [-0.1, -0.05) is 26.0 Å². The second-order valence-corrected chi connectivity index (χ2v) is 4.68. The maximum atomic E-state index is 5.90. The molecule has 1 aromatic heterocycles. The summed E-state index contributed by atoms with van der Waals surface area (Å²) in [6.07, 6.45) is 0. The molecule has 78 valence electrons. The predicted octanol–water partition coefficient (Wildman–Crippen LogP) is 3.52. The molecule has 2 rings (SSSR count). The van der Waals surface area contributed by atoms with Crippen molar-refractivity contribution in [2.24, 2.45) is 0 Å². The summed E-state index contributed by atoms with van der Waals surface area (Å²) >= 11 is 1.65. The summed E-state index contributed by atoms with van der Waals surface area (Å²) in [5.41, 5.74) is 8.87. The third-order valence-corrected chi connectivity index (χ3v) is 3.20. The summed E-state index contributed by atoms with van der Waals surface area (Å²) < 4.78 is 0. The van der Waals surface area contributed by atoms with Crippen molar-refractivity contribution in [3.05, 3.63) is 35.3 Å². The average Bonchev–Trinajstić information content (AvgIpc) is 2.67. The summed E-state index contributed by atoms with van der Waals surface area (Å²) in [5, 5.41) is 3.11. The highest BCUT2D eigenvalue weighted by molar-refractivity contribution is 7.13. The van der Waals surface area contributed by atoms with E-state index in [-0.39, 0.29) is 0 Å². The molecule has 1 heterocycles. The van der Waals surface area contributed by atoms with E-state index in [0.29, 0.717) is 5.92 Å². The Bertz CT molecular complexity index is 460. The first-order valence-electron chi connectivity index (χ1n) is 4.99. The van der Waals surface area contributed by atoms with Gasteiger partial charge >= 0.3 is 0 Å². The Labute approximate surface area is 93.8 Å². The molecule has 3 heteroatoms. The fraction of sp³-hybridized carbons (Fsp3) is 0.250. The van der Waals surface area contributed by atoms with Crippen molar-refractivity contribution in [1.29, 1.82) is 0 Å². The normalized spacial score (nSPS) is 10.9. The molecule has 0 saturated heterocycles. The lowest BCUT2D eigenvalue weighted by molar-refractivity contribution is 0.834. The zero-order chi connectivity index (χ0) is 10.8. The quantitative estimate of drug-likeness (QED) is 0.783. The van der Waals surface area contributed by atoms with Gasteiger partial charge in [0.1, 0.15) is 5.01 Å². The lowest BCUT2D eigenvalue weighted by Gasteiger charge is -2.01. The highest BCUT2D eigenvalue weighted by Gasteiger charge is 2.08. The van der Waals surface area contributed by atoms with Gasteiger partial charge in [-0.05, 0) is 18.1 Å². The number of benzene rings is 1. The lowest BCUT2D eigenvalue weighted by Crippen LogP contribution is -1.90. The van der Waals surface area contributed by atoms with Crippen LogP contribution in [0, 0.1) is 0 Å². The number of rotatable bonds is 2. The molecule has 0 bridgehead atoms. The van der Waals surface area contributed by atoms with Crippen LogP contribution in [0.3, 0.4) is 0 Å². The van der Waals surface area contributed by atoms with E-state index in [0.717, 1.165) is 22.0 Å². The molecule has 0 aliphatic heterocycles. The second-order valence-electron chi connectivity index (χ2n) is 3.82. The van der Waals surface area contributed by atoms with Gasteiger partial charge in [-0.2, -0.15) is 0 Å². The van der Waals surface area contributed by atoms with Crippen LogP contribution in [-0.2, 0) is 0 Å². The standard InChI is InChI=1S/C12H14N2S/c1-8(2)11-7-15-12(14-11)9-5-3-4-6-10(9)13/h3-8H,13H2,1-2H3. The fourth-order valence-corrected chi connectivity index (χ4v) is 2.40. The summed E-state index contributed by atoms with van der Waals surface area (Å²) in [7, 11) is 0. The van der Waals surface area contributed by atoms with Crippen LogP contribution < -0.4 is 5.73 Å². The number of hydrogen-bond donors (Lipinski definition) is 1. The van der Waals surface area contributed by atoms with Crippen molar-refractivity contribution in [2.75, 3.05) is 5.73 Å². The van der Waals surface area contributed by atoms with Gasteiger partial charge in [-0.15, -0.1) is 11.3 Å². The number of nitrogens with zero attached hydrogens (tertiary/aromatic N) is 1. The SMILES string of the molecule is CC(C)c1csc(-c2ccccc2N)n1. The highest BCUT2D eigenvalue weighted by atomic mass is 32.1. The molecule has 2 N–H and O–H groups in total. The van der Waals surface area contributed by atoms with Crippen molar-refractivity contribution in [2.45, 2.75) is 19.8 Å². The molecule has 2 aromatic rings. The first kappa shape index (κ1) is 10.2. The minimum atomic E-state index is 0.472. The molecule has 0 aliphatic rings. The fourth-order valence-electron chi connectivity index (χ4n) is 1.37. The Morgan fingerprint density at radius 1 is 1.27 bits per heavy atom. The number of nitrogens with two attached hydrogens (primary N) is 1. The zero-order valence-corrected chi connectivity index (χ0v) is 9.71. The van der Waals surface area contributed by atoms with Crippen LogP contribution in [0.2, 0.25) is 0 Å². The van der Waals surface area contributed by atoms with Crippen LogP contribution in [-0.4, -0.2) is 4.98 Å². The molecule has 0 amide bonds. The van der Waals surface area contributed by atoms with Crippen molar-refractivity contribution in [3.63, 3.8) is 0 Å². The van der Waals surface area contributed by atoms with Gasteiger partial charge in [-0.25, -0.2) is 4.98 Å². The number of hydrogen-bond acceptors (Lipinski definition) is 3. The first-order chi connectivity index (χ1) is 7.18. The number of nitrogen functional groups attached to an aromatic ring is 1. The van der Waals surface area contributed by atoms with Crippen molar-refractivity contribution in [1.82, 2.24) is 4.98 Å². The topological polar surface area (TPSA) is 38.9 Å². The third-order valence-electron chi connectivity index (χ3n) is 2.30.